The van der Waals surface area contributed by atoms with Crippen molar-refractivity contribution in [3.8, 4) is 0 Å². The molecule has 2 aromatic rings. The molecule has 0 heterocycles. The van der Waals surface area contributed by atoms with Gasteiger partial charge in [-0.1, -0.05) is 29.8 Å². The van der Waals surface area contributed by atoms with Gasteiger partial charge in [0.1, 0.15) is 0 Å². The fraction of sp³-hybridized carbons (Fsp3) is 0.125. The molecule has 2 aromatic carbocycles. The van der Waals surface area contributed by atoms with Crippen LogP contribution in [0.15, 0.2) is 48.5 Å². The van der Waals surface area contributed by atoms with Gasteiger partial charge in [0.2, 0.25) is 5.91 Å². The average molecular weight is 357 g/mol. The quantitative estimate of drug-likeness (QED) is 0.869. The van der Waals surface area contributed by atoms with E-state index in [4.69, 9.17) is 11.6 Å². The number of hydrogen-bond donors (Lipinski definition) is 2. The van der Waals surface area contributed by atoms with Crippen molar-refractivity contribution in [1.29, 1.82) is 0 Å². The number of hydrogen-bond acceptors (Lipinski definition) is 2. The zero-order chi connectivity index (χ0) is 17.7. The van der Waals surface area contributed by atoms with Gasteiger partial charge in [0.25, 0.3) is 0 Å². The SMILES string of the molecule is O=C(Cc1ccc(Cl)cc1)Nc1cccc(NC(=O)C(F)(F)F)c1. The Morgan fingerprint density at radius 3 is 2.12 bits per heavy atom. The van der Waals surface area contributed by atoms with Crippen LogP contribution in [0.25, 0.3) is 0 Å². The first kappa shape index (κ1) is 17.8. The third-order valence-electron chi connectivity index (χ3n) is 2.94. The smallest absolute Gasteiger partial charge is 0.326 e. The molecule has 0 aliphatic rings. The van der Waals surface area contributed by atoms with Crippen molar-refractivity contribution in [2.75, 3.05) is 10.6 Å². The lowest BCUT2D eigenvalue weighted by molar-refractivity contribution is -0.167. The van der Waals surface area contributed by atoms with Gasteiger partial charge in [0, 0.05) is 16.4 Å². The van der Waals surface area contributed by atoms with Gasteiger partial charge >= 0.3 is 12.1 Å². The molecule has 0 saturated heterocycles. The van der Waals surface area contributed by atoms with E-state index in [1.807, 2.05) is 0 Å². The summed E-state index contributed by atoms with van der Waals surface area (Å²) in [4.78, 5) is 22.9. The number of carbonyl (C=O) groups is 2. The molecule has 2 amide bonds. The molecule has 8 heteroatoms. The third-order valence-corrected chi connectivity index (χ3v) is 3.19. The molecule has 0 fully saturated rings. The van der Waals surface area contributed by atoms with Crippen molar-refractivity contribution in [1.82, 2.24) is 0 Å². The van der Waals surface area contributed by atoms with Crippen LogP contribution in [-0.2, 0) is 16.0 Å². The molecule has 0 aromatic heterocycles. The van der Waals surface area contributed by atoms with Gasteiger partial charge in [0.15, 0.2) is 0 Å². The number of rotatable bonds is 4. The molecule has 0 unspecified atom stereocenters. The van der Waals surface area contributed by atoms with E-state index in [1.165, 1.54) is 24.3 Å². The number of anilines is 2. The van der Waals surface area contributed by atoms with Crippen LogP contribution in [0, 0.1) is 0 Å². The largest absolute Gasteiger partial charge is 0.471 e. The van der Waals surface area contributed by atoms with Crippen LogP contribution in [-0.4, -0.2) is 18.0 Å². The number of halogens is 4. The van der Waals surface area contributed by atoms with Crippen molar-refractivity contribution < 1.29 is 22.8 Å². The fourth-order valence-corrected chi connectivity index (χ4v) is 2.00. The minimum atomic E-state index is -4.98. The summed E-state index contributed by atoms with van der Waals surface area (Å²) < 4.78 is 36.7. The lowest BCUT2D eigenvalue weighted by Gasteiger charge is -2.10. The molecule has 0 saturated carbocycles. The molecule has 0 atom stereocenters. The number of nitrogens with one attached hydrogen (secondary N) is 2. The number of amides is 2. The third kappa shape index (κ3) is 5.27. The van der Waals surface area contributed by atoms with Crippen molar-refractivity contribution in [3.63, 3.8) is 0 Å². The van der Waals surface area contributed by atoms with Crippen molar-refractivity contribution in [2.24, 2.45) is 0 Å². The van der Waals surface area contributed by atoms with Gasteiger partial charge < -0.3 is 10.6 Å². The summed E-state index contributed by atoms with van der Waals surface area (Å²) >= 11 is 5.75. The Morgan fingerprint density at radius 1 is 0.958 bits per heavy atom. The van der Waals surface area contributed by atoms with Crippen molar-refractivity contribution >= 4 is 34.8 Å². The Morgan fingerprint density at radius 2 is 1.54 bits per heavy atom. The molecule has 2 rings (SSSR count). The van der Waals surface area contributed by atoms with Gasteiger partial charge in [-0.05, 0) is 35.9 Å². The van der Waals surface area contributed by atoms with E-state index in [2.05, 4.69) is 5.32 Å². The molecule has 0 aliphatic carbocycles. The summed E-state index contributed by atoms with van der Waals surface area (Å²) in [6.07, 6.45) is -4.90. The zero-order valence-electron chi connectivity index (χ0n) is 12.2. The summed E-state index contributed by atoms with van der Waals surface area (Å²) in [5.41, 5.74) is 0.939. The monoisotopic (exact) mass is 356 g/mol. The van der Waals surface area contributed by atoms with Crippen LogP contribution in [0.2, 0.25) is 5.02 Å². The first-order valence-corrected chi connectivity index (χ1v) is 7.14. The fourth-order valence-electron chi connectivity index (χ4n) is 1.87. The predicted molar refractivity (Wildman–Crippen MR) is 84.9 cm³/mol. The van der Waals surface area contributed by atoms with E-state index >= 15 is 0 Å². The second kappa shape index (κ2) is 7.35. The second-order valence-corrected chi connectivity index (χ2v) is 5.32. The highest BCUT2D eigenvalue weighted by molar-refractivity contribution is 6.30. The van der Waals surface area contributed by atoms with Gasteiger partial charge in [-0.15, -0.1) is 0 Å². The topological polar surface area (TPSA) is 58.2 Å². The molecular formula is C16H12ClF3N2O2. The maximum atomic E-state index is 12.2. The minimum absolute atomic E-state index is 0.0679. The first-order chi connectivity index (χ1) is 11.2. The van der Waals surface area contributed by atoms with E-state index in [0.717, 1.165) is 5.56 Å². The molecule has 126 valence electrons. The standard InChI is InChI=1S/C16H12ClF3N2O2/c17-11-6-4-10(5-7-11)8-14(23)21-12-2-1-3-13(9-12)22-15(24)16(18,19)20/h1-7,9H,8H2,(H,21,23)(H,22,24). The Balaban J connectivity index is 1.99. The maximum absolute atomic E-state index is 12.2. The Hall–Kier alpha value is -2.54. The molecule has 0 aliphatic heterocycles. The van der Waals surface area contributed by atoms with Crippen LogP contribution in [0.4, 0.5) is 24.5 Å². The Bertz CT molecular complexity index is 746. The maximum Gasteiger partial charge on any atom is 0.471 e. The van der Waals surface area contributed by atoms with Crippen LogP contribution in [0.3, 0.4) is 0 Å². The summed E-state index contributed by atoms with van der Waals surface area (Å²) in [5, 5.41) is 4.82. The second-order valence-electron chi connectivity index (χ2n) is 4.88. The van der Waals surface area contributed by atoms with E-state index in [0.29, 0.717) is 5.02 Å². The van der Waals surface area contributed by atoms with Crippen LogP contribution >= 0.6 is 11.6 Å². The van der Waals surface area contributed by atoms with E-state index in [1.54, 1.807) is 29.6 Å². The molecule has 24 heavy (non-hydrogen) atoms. The highest BCUT2D eigenvalue weighted by Gasteiger charge is 2.38. The lowest BCUT2D eigenvalue weighted by Crippen LogP contribution is -2.29. The van der Waals surface area contributed by atoms with Crippen LogP contribution in [0.5, 0.6) is 0 Å². The van der Waals surface area contributed by atoms with E-state index in [-0.39, 0.29) is 23.7 Å². The van der Waals surface area contributed by atoms with Crippen LogP contribution in [0.1, 0.15) is 5.56 Å². The zero-order valence-corrected chi connectivity index (χ0v) is 12.9. The summed E-state index contributed by atoms with van der Waals surface area (Å²) in [6, 6.07) is 12.1. The summed E-state index contributed by atoms with van der Waals surface area (Å²) in [6.45, 7) is 0. The first-order valence-electron chi connectivity index (χ1n) is 6.76. The van der Waals surface area contributed by atoms with E-state index < -0.39 is 12.1 Å². The van der Waals surface area contributed by atoms with Gasteiger partial charge in [0.05, 0.1) is 6.42 Å². The number of carbonyl (C=O) groups excluding carboxylic acids is 2. The summed E-state index contributed by atoms with van der Waals surface area (Å²) in [7, 11) is 0. The number of alkyl halides is 3. The average Bonchev–Trinajstić information content (AvgIpc) is 2.49. The normalized spacial score (nSPS) is 11.0. The molecule has 0 radical (unpaired) electrons. The molecular weight excluding hydrogens is 345 g/mol. The van der Waals surface area contributed by atoms with Gasteiger partial charge in [-0.25, -0.2) is 0 Å². The highest BCUT2D eigenvalue weighted by Crippen LogP contribution is 2.20. The lowest BCUT2D eigenvalue weighted by atomic mass is 10.1. The molecule has 0 bridgehead atoms. The Labute approximate surface area is 140 Å². The highest BCUT2D eigenvalue weighted by atomic mass is 35.5. The molecule has 4 nitrogen and oxygen atoms in total. The van der Waals surface area contributed by atoms with Gasteiger partial charge in [-0.3, -0.25) is 9.59 Å². The van der Waals surface area contributed by atoms with Gasteiger partial charge in [-0.2, -0.15) is 13.2 Å². The van der Waals surface area contributed by atoms with E-state index in [9.17, 15) is 22.8 Å². The molecule has 0 spiro atoms. The number of benzene rings is 2. The summed E-state index contributed by atoms with van der Waals surface area (Å²) in [5.74, 6) is -2.43. The molecule has 2 N–H and O–H groups in total. The van der Waals surface area contributed by atoms with Crippen LogP contribution < -0.4 is 10.6 Å². The predicted octanol–water partition coefficient (Wildman–Crippen LogP) is 4.02. The minimum Gasteiger partial charge on any atom is -0.326 e. The van der Waals surface area contributed by atoms with Crippen molar-refractivity contribution in [3.05, 3.63) is 59.1 Å². The Kier molecular flexibility index (Phi) is 5.46. The van der Waals surface area contributed by atoms with Crippen molar-refractivity contribution in [2.45, 2.75) is 12.6 Å².